The first kappa shape index (κ1) is 15.1. The Labute approximate surface area is 138 Å². The number of Topliss-reactive ketones (excluding diaryl/α,β-unsaturated/α-hetero) is 1. The van der Waals surface area contributed by atoms with Gasteiger partial charge in [0.2, 0.25) is 5.91 Å². The molecule has 5 nitrogen and oxygen atoms in total. The van der Waals surface area contributed by atoms with Gasteiger partial charge in [0.05, 0.1) is 18.8 Å². The average molecular weight is 327 g/mol. The van der Waals surface area contributed by atoms with Crippen LogP contribution in [0.2, 0.25) is 0 Å². The minimum Gasteiger partial charge on any atom is -0.356 e. The van der Waals surface area contributed by atoms with Crippen molar-refractivity contribution >= 4 is 28.3 Å². The molecule has 24 heavy (non-hydrogen) atoms. The van der Waals surface area contributed by atoms with Gasteiger partial charge in [-0.1, -0.05) is 20.8 Å². The molecule has 2 aliphatic rings. The van der Waals surface area contributed by atoms with E-state index in [4.69, 9.17) is 0 Å². The van der Waals surface area contributed by atoms with E-state index in [1.165, 1.54) is 12.1 Å². The minimum atomic E-state index is -0.498. The number of rotatable bonds is 0. The van der Waals surface area contributed by atoms with Crippen LogP contribution in [0.3, 0.4) is 0 Å². The van der Waals surface area contributed by atoms with E-state index in [1.807, 2.05) is 20.8 Å². The topological polar surface area (TPSA) is 65.5 Å². The number of hydrogen-bond donors (Lipinski definition) is 1. The number of ketones is 1. The summed E-state index contributed by atoms with van der Waals surface area (Å²) in [5, 5.41) is 0.732. The quantitative estimate of drug-likeness (QED) is 0.808. The number of amides is 1. The lowest BCUT2D eigenvalue weighted by molar-refractivity contribution is -0.139. The third-order valence-corrected chi connectivity index (χ3v) is 4.56. The maximum atomic E-state index is 13.9. The van der Waals surface area contributed by atoms with Gasteiger partial charge < -0.3 is 9.88 Å². The number of aliphatic imine (C=N–C) groups is 1. The number of hydrogen-bond acceptors (Lipinski definition) is 3. The van der Waals surface area contributed by atoms with E-state index in [0.717, 1.165) is 22.4 Å². The van der Waals surface area contributed by atoms with Crippen molar-refractivity contribution < 1.29 is 14.0 Å². The fourth-order valence-electron chi connectivity index (χ4n) is 3.51. The first-order valence-electron chi connectivity index (χ1n) is 7.96. The van der Waals surface area contributed by atoms with Crippen LogP contribution in [-0.2, 0) is 11.3 Å². The van der Waals surface area contributed by atoms with Crippen molar-refractivity contribution in [2.75, 3.05) is 13.1 Å². The van der Waals surface area contributed by atoms with Gasteiger partial charge >= 0.3 is 0 Å². The van der Waals surface area contributed by atoms with Crippen molar-refractivity contribution in [2.24, 2.45) is 10.4 Å². The van der Waals surface area contributed by atoms with Crippen molar-refractivity contribution in [1.82, 2.24) is 9.88 Å². The number of halogens is 1. The van der Waals surface area contributed by atoms with E-state index < -0.39 is 11.2 Å². The zero-order valence-corrected chi connectivity index (χ0v) is 13.9. The number of aromatic nitrogens is 1. The van der Waals surface area contributed by atoms with Crippen LogP contribution in [0, 0.1) is 11.2 Å². The van der Waals surface area contributed by atoms with Crippen LogP contribution >= 0.6 is 0 Å². The zero-order valence-electron chi connectivity index (χ0n) is 13.9. The summed E-state index contributed by atoms with van der Waals surface area (Å²) in [6.07, 6.45) is 0. The van der Waals surface area contributed by atoms with Gasteiger partial charge in [0.25, 0.3) is 0 Å². The highest BCUT2D eigenvalue weighted by atomic mass is 19.1. The second kappa shape index (κ2) is 4.75. The molecule has 4 rings (SSSR count). The predicted molar refractivity (Wildman–Crippen MR) is 88.9 cm³/mol. The van der Waals surface area contributed by atoms with Gasteiger partial charge in [-0.2, -0.15) is 0 Å². The van der Waals surface area contributed by atoms with Crippen LogP contribution in [0.25, 0.3) is 10.9 Å². The molecule has 1 N–H and O–H groups in total. The summed E-state index contributed by atoms with van der Waals surface area (Å²) in [6.45, 7) is 6.40. The molecule has 3 heterocycles. The maximum Gasteiger partial charge on any atom is 0.228 e. The van der Waals surface area contributed by atoms with Crippen LogP contribution in [-0.4, -0.2) is 40.4 Å². The molecular weight excluding hydrogens is 309 g/mol. The molecule has 0 spiro atoms. The number of aromatic amines is 1. The summed E-state index contributed by atoms with van der Waals surface area (Å²) in [5.41, 5.74) is 2.86. The van der Waals surface area contributed by atoms with Gasteiger partial charge in [-0.25, -0.2) is 4.39 Å². The standard InChI is InChI=1S/C18H18FN3O2/c1-18(2,3)17(24)22-7-12-16-13(8-22)21-11-5-9(19)4-10(15(11)16)14(23)6-20-12/h4-5,21H,6-8H2,1-3H3. The summed E-state index contributed by atoms with van der Waals surface area (Å²) in [5.74, 6) is -0.621. The van der Waals surface area contributed by atoms with Crippen molar-refractivity contribution in [3.05, 3.63) is 34.8 Å². The number of nitrogens with zero attached hydrogens (tertiary/aromatic N) is 2. The lowest BCUT2D eigenvalue weighted by Gasteiger charge is -2.33. The van der Waals surface area contributed by atoms with E-state index in [-0.39, 0.29) is 18.2 Å². The minimum absolute atomic E-state index is 0.0143. The smallest absolute Gasteiger partial charge is 0.228 e. The molecule has 0 unspecified atom stereocenters. The fourth-order valence-corrected chi connectivity index (χ4v) is 3.51. The number of carbonyl (C=O) groups excluding carboxylic acids is 2. The summed E-state index contributed by atoms with van der Waals surface area (Å²) < 4.78 is 13.9. The van der Waals surface area contributed by atoms with Crippen LogP contribution in [0.4, 0.5) is 4.39 Å². The molecule has 0 fully saturated rings. The monoisotopic (exact) mass is 327 g/mol. The molecule has 124 valence electrons. The van der Waals surface area contributed by atoms with Crippen molar-refractivity contribution in [1.29, 1.82) is 0 Å². The molecule has 0 bridgehead atoms. The Morgan fingerprint density at radius 3 is 2.75 bits per heavy atom. The molecule has 0 radical (unpaired) electrons. The van der Waals surface area contributed by atoms with Gasteiger partial charge in [-0.15, -0.1) is 0 Å². The Kier molecular flexibility index (Phi) is 2.98. The van der Waals surface area contributed by atoms with Gasteiger partial charge in [-0.05, 0) is 12.1 Å². The van der Waals surface area contributed by atoms with Crippen LogP contribution in [0.1, 0.15) is 42.4 Å². The molecular formula is C18H18FN3O2. The van der Waals surface area contributed by atoms with Gasteiger partial charge in [-0.3, -0.25) is 14.6 Å². The largest absolute Gasteiger partial charge is 0.356 e. The Hall–Kier alpha value is -2.50. The lowest BCUT2D eigenvalue weighted by atomic mass is 9.92. The highest BCUT2D eigenvalue weighted by Crippen LogP contribution is 2.34. The molecule has 0 atom stereocenters. The van der Waals surface area contributed by atoms with E-state index in [9.17, 15) is 14.0 Å². The molecule has 2 aliphatic heterocycles. The number of H-pyrrole nitrogens is 1. The Morgan fingerprint density at radius 2 is 2.04 bits per heavy atom. The normalized spacial score (nSPS) is 17.1. The third-order valence-electron chi connectivity index (χ3n) is 4.56. The molecule has 1 amide bonds. The van der Waals surface area contributed by atoms with E-state index in [1.54, 1.807) is 4.90 Å². The second-order valence-electron chi connectivity index (χ2n) is 7.45. The van der Waals surface area contributed by atoms with Crippen molar-refractivity contribution in [3.8, 4) is 0 Å². The first-order chi connectivity index (χ1) is 11.3. The predicted octanol–water partition coefficient (Wildman–Crippen LogP) is 2.68. The molecule has 0 saturated heterocycles. The average Bonchev–Trinajstić information content (AvgIpc) is 2.80. The van der Waals surface area contributed by atoms with Gasteiger partial charge in [0.15, 0.2) is 5.78 Å². The van der Waals surface area contributed by atoms with Crippen LogP contribution in [0.5, 0.6) is 0 Å². The van der Waals surface area contributed by atoms with Crippen molar-refractivity contribution in [3.63, 3.8) is 0 Å². The number of nitrogens with one attached hydrogen (secondary N) is 1. The summed E-state index contributed by atoms with van der Waals surface area (Å²) in [4.78, 5) is 34.3. The highest BCUT2D eigenvalue weighted by Gasteiger charge is 2.35. The summed E-state index contributed by atoms with van der Waals surface area (Å²) in [7, 11) is 0. The molecule has 0 aliphatic carbocycles. The molecule has 6 heteroatoms. The summed E-state index contributed by atoms with van der Waals surface area (Å²) >= 11 is 0. The zero-order chi connectivity index (χ0) is 17.2. The lowest BCUT2D eigenvalue weighted by Crippen LogP contribution is -2.44. The molecule has 2 aromatic rings. The van der Waals surface area contributed by atoms with Crippen LogP contribution < -0.4 is 0 Å². The Morgan fingerprint density at radius 1 is 1.29 bits per heavy atom. The van der Waals surface area contributed by atoms with Gasteiger partial charge in [0.1, 0.15) is 12.4 Å². The maximum absolute atomic E-state index is 13.9. The fraction of sp³-hybridized carbons (Fsp3) is 0.389. The van der Waals surface area contributed by atoms with E-state index >= 15 is 0 Å². The first-order valence-corrected chi connectivity index (χ1v) is 7.96. The SMILES string of the molecule is CC(C)(C)C(=O)N1CC2=NCC(=O)c3cc(F)cc4[nH]c(c2c34)C1. The van der Waals surface area contributed by atoms with Crippen LogP contribution in [0.15, 0.2) is 17.1 Å². The Balaban J connectivity index is 1.92. The molecule has 1 aromatic heterocycles. The highest BCUT2D eigenvalue weighted by molar-refractivity contribution is 6.22. The molecule has 0 saturated carbocycles. The Bertz CT molecular complexity index is 934. The van der Waals surface area contributed by atoms with Gasteiger partial charge in [0, 0.05) is 33.1 Å². The third kappa shape index (κ3) is 2.09. The second-order valence-corrected chi connectivity index (χ2v) is 7.45. The number of carbonyl (C=O) groups is 2. The molecule has 1 aromatic carbocycles. The van der Waals surface area contributed by atoms with E-state index in [0.29, 0.717) is 24.2 Å². The van der Waals surface area contributed by atoms with E-state index in [2.05, 4.69) is 9.98 Å². The number of benzene rings is 1. The summed E-state index contributed by atoms with van der Waals surface area (Å²) in [6, 6.07) is 2.67. The van der Waals surface area contributed by atoms with Crippen molar-refractivity contribution in [2.45, 2.75) is 27.3 Å².